The Kier molecular flexibility index (Phi) is 14.9. The van der Waals surface area contributed by atoms with E-state index in [4.69, 9.17) is 41.9 Å². The molecule has 0 radical (unpaired) electrons. The van der Waals surface area contributed by atoms with Crippen LogP contribution in [0.15, 0.2) is 0 Å². The molecule has 0 saturated carbocycles. The molecule has 0 unspecified atom stereocenters. The number of hydrogen-bond donors (Lipinski definition) is 4. The van der Waals surface area contributed by atoms with Crippen LogP contribution in [0.1, 0.15) is 149 Å². The summed E-state index contributed by atoms with van der Waals surface area (Å²) in [6, 6.07) is 0. The minimum absolute atomic E-state index is 0.296. The Morgan fingerprint density at radius 3 is 0.791 bits per heavy atom. The smallest absolute Gasteiger partial charge is 0.0648 e. The fraction of sp³-hybridized carbons (Fsp3) is 1.00. The molecule has 8 nitrogen and oxygen atoms in total. The van der Waals surface area contributed by atoms with E-state index in [0.717, 1.165) is 38.5 Å². The van der Waals surface area contributed by atoms with Gasteiger partial charge in [-0.1, -0.05) is 0 Å². The van der Waals surface area contributed by atoms with Crippen molar-refractivity contribution in [2.24, 2.45) is 28.3 Å². The molecule has 0 bridgehead atoms. The number of hydrogen-bond acceptors (Lipinski definition) is 8. The van der Waals surface area contributed by atoms with Gasteiger partial charge in [0.25, 0.3) is 0 Å². The van der Waals surface area contributed by atoms with Crippen molar-refractivity contribution in [2.75, 3.05) is 26.4 Å². The first-order chi connectivity index (χ1) is 18.7. The monoisotopic (exact) mass is 617 g/mol. The fourth-order valence-corrected chi connectivity index (χ4v) is 6.13. The summed E-state index contributed by atoms with van der Waals surface area (Å²) in [5.74, 6) is 0. The zero-order chi connectivity index (χ0) is 34.4. The summed E-state index contributed by atoms with van der Waals surface area (Å²) in [6.45, 7) is 35.6. The predicted molar refractivity (Wildman–Crippen MR) is 183 cm³/mol. The standard InChI is InChI=1S/C35H76N4O4/c1-27(2,36)17-19-40-31(9,10)21-35(23-33(13,14)42-25-29(5,6)38,24-34(15,16)43-26-30(7,8)39)22-32(11,12)41-20-18-28(3,4)37/h17-26,36-39H2,1-16H3. The molecule has 0 heterocycles. The van der Waals surface area contributed by atoms with E-state index in [-0.39, 0.29) is 16.5 Å². The SMILES string of the molecule is CC(C)(N)CCOC(C)(C)CC(CC(C)(C)OCCC(C)(C)N)(CC(C)(C)OCC(C)(C)N)CC(C)(C)OCC(C)(C)N. The highest BCUT2D eigenvalue weighted by Gasteiger charge is 2.48. The molecule has 0 aliphatic rings. The van der Waals surface area contributed by atoms with Gasteiger partial charge in [0.15, 0.2) is 0 Å². The molecule has 0 saturated heterocycles. The molecule has 8 N–H and O–H groups in total. The van der Waals surface area contributed by atoms with Crippen LogP contribution in [0, 0.1) is 5.41 Å². The van der Waals surface area contributed by atoms with Crippen molar-refractivity contribution >= 4 is 0 Å². The van der Waals surface area contributed by atoms with Gasteiger partial charge in [0.2, 0.25) is 0 Å². The summed E-state index contributed by atoms with van der Waals surface area (Å²) in [7, 11) is 0. The Labute approximate surface area is 267 Å². The van der Waals surface area contributed by atoms with Crippen LogP contribution >= 0.6 is 0 Å². The molecule has 0 spiro atoms. The first kappa shape index (κ1) is 42.7. The minimum atomic E-state index is -0.468. The van der Waals surface area contributed by atoms with Crippen LogP contribution < -0.4 is 22.9 Å². The molecule has 0 amide bonds. The van der Waals surface area contributed by atoms with Crippen LogP contribution in [0.25, 0.3) is 0 Å². The Hall–Kier alpha value is -0.320. The van der Waals surface area contributed by atoms with Crippen LogP contribution in [0.2, 0.25) is 0 Å². The van der Waals surface area contributed by atoms with E-state index < -0.39 is 33.5 Å². The van der Waals surface area contributed by atoms with Crippen molar-refractivity contribution in [1.82, 2.24) is 0 Å². The number of nitrogens with two attached hydrogens (primary N) is 4. The van der Waals surface area contributed by atoms with Gasteiger partial charge in [0, 0.05) is 35.4 Å². The molecule has 0 fully saturated rings. The average molecular weight is 617 g/mol. The molecule has 0 aliphatic heterocycles. The predicted octanol–water partition coefficient (Wildman–Crippen LogP) is 6.44. The Bertz CT molecular complexity index is 742. The molecule has 0 aliphatic carbocycles. The molecule has 43 heavy (non-hydrogen) atoms. The second-order valence-electron chi connectivity index (χ2n) is 19.0. The second kappa shape index (κ2) is 15.1. The van der Waals surface area contributed by atoms with Gasteiger partial charge in [-0.15, -0.1) is 0 Å². The maximum atomic E-state index is 6.60. The van der Waals surface area contributed by atoms with Gasteiger partial charge >= 0.3 is 0 Å². The number of rotatable bonds is 22. The van der Waals surface area contributed by atoms with Crippen molar-refractivity contribution in [3.63, 3.8) is 0 Å². The van der Waals surface area contributed by atoms with Crippen molar-refractivity contribution in [3.05, 3.63) is 0 Å². The van der Waals surface area contributed by atoms with E-state index in [2.05, 4.69) is 55.4 Å². The summed E-state index contributed by atoms with van der Waals surface area (Å²) in [5.41, 5.74) is 21.7. The van der Waals surface area contributed by atoms with E-state index >= 15 is 0 Å². The lowest BCUT2D eigenvalue weighted by Crippen LogP contribution is -2.50. The van der Waals surface area contributed by atoms with Gasteiger partial charge in [-0.05, 0) is 155 Å². The molecule has 0 aromatic carbocycles. The highest BCUT2D eigenvalue weighted by Crippen LogP contribution is 2.50. The van der Waals surface area contributed by atoms with Gasteiger partial charge in [-0.25, -0.2) is 0 Å². The van der Waals surface area contributed by atoms with E-state index in [1.54, 1.807) is 0 Å². The maximum Gasteiger partial charge on any atom is 0.0648 e. The van der Waals surface area contributed by atoms with E-state index in [9.17, 15) is 0 Å². The van der Waals surface area contributed by atoms with Crippen LogP contribution in [-0.4, -0.2) is 71.0 Å². The van der Waals surface area contributed by atoms with Crippen molar-refractivity contribution < 1.29 is 18.9 Å². The van der Waals surface area contributed by atoms with Crippen LogP contribution in [0.4, 0.5) is 0 Å². The third-order valence-electron chi connectivity index (χ3n) is 7.35. The Morgan fingerprint density at radius 1 is 0.349 bits per heavy atom. The zero-order valence-electron chi connectivity index (χ0n) is 31.5. The van der Waals surface area contributed by atoms with Gasteiger partial charge in [0.1, 0.15) is 0 Å². The van der Waals surface area contributed by atoms with Gasteiger partial charge < -0.3 is 41.9 Å². The summed E-state index contributed by atoms with van der Waals surface area (Å²) in [6.07, 6.45) is 4.62. The third-order valence-corrected chi connectivity index (χ3v) is 7.35. The molecule has 0 atom stereocenters. The quantitative estimate of drug-likeness (QED) is 0.109. The van der Waals surface area contributed by atoms with Gasteiger partial charge in [-0.2, -0.15) is 0 Å². The highest BCUT2D eigenvalue weighted by atomic mass is 16.5. The summed E-state index contributed by atoms with van der Waals surface area (Å²) in [4.78, 5) is 0. The van der Waals surface area contributed by atoms with E-state index in [1.807, 2.05) is 55.4 Å². The normalized spacial score (nSPS) is 15.3. The Morgan fingerprint density at radius 2 is 0.581 bits per heavy atom. The molecule has 260 valence electrons. The van der Waals surface area contributed by atoms with E-state index in [1.165, 1.54) is 0 Å². The molecule has 0 aromatic rings. The average Bonchev–Trinajstić information content (AvgIpc) is 2.65. The van der Waals surface area contributed by atoms with Gasteiger partial charge in [0.05, 0.1) is 35.6 Å². The van der Waals surface area contributed by atoms with Crippen LogP contribution in [0.3, 0.4) is 0 Å². The maximum absolute atomic E-state index is 6.60. The van der Waals surface area contributed by atoms with E-state index in [0.29, 0.717) is 26.4 Å². The lowest BCUT2D eigenvalue weighted by Gasteiger charge is -2.50. The largest absolute Gasteiger partial charge is 0.375 e. The second-order valence-corrected chi connectivity index (χ2v) is 19.0. The zero-order valence-corrected chi connectivity index (χ0v) is 31.5. The molecule has 8 heteroatoms. The lowest BCUT2D eigenvalue weighted by molar-refractivity contribution is -0.150. The van der Waals surface area contributed by atoms with Crippen LogP contribution in [-0.2, 0) is 18.9 Å². The first-order valence-electron chi connectivity index (χ1n) is 16.4. The minimum Gasteiger partial charge on any atom is -0.375 e. The summed E-state index contributed by atoms with van der Waals surface area (Å²) < 4.78 is 26.3. The molecule has 0 rings (SSSR count). The molecular formula is C35H76N4O4. The number of ether oxygens (including phenoxy) is 4. The lowest BCUT2D eigenvalue weighted by atomic mass is 9.62. The third kappa shape index (κ3) is 22.8. The van der Waals surface area contributed by atoms with Crippen LogP contribution in [0.5, 0.6) is 0 Å². The first-order valence-corrected chi connectivity index (χ1v) is 16.4. The highest BCUT2D eigenvalue weighted by molar-refractivity contribution is 4.99. The molecule has 0 aromatic heterocycles. The Balaban J connectivity index is 6.72. The fourth-order valence-electron chi connectivity index (χ4n) is 6.13. The summed E-state index contributed by atoms with van der Waals surface area (Å²) in [5, 5.41) is 0. The van der Waals surface area contributed by atoms with Crippen molar-refractivity contribution in [3.8, 4) is 0 Å². The van der Waals surface area contributed by atoms with Gasteiger partial charge in [-0.3, -0.25) is 0 Å². The molecular weight excluding hydrogens is 540 g/mol. The summed E-state index contributed by atoms with van der Waals surface area (Å²) >= 11 is 0. The topological polar surface area (TPSA) is 141 Å². The van der Waals surface area contributed by atoms with Crippen molar-refractivity contribution in [2.45, 2.75) is 194 Å². The van der Waals surface area contributed by atoms with Crippen molar-refractivity contribution in [1.29, 1.82) is 0 Å².